The van der Waals surface area contributed by atoms with Gasteiger partial charge in [0, 0.05) is 13.1 Å². The molecule has 0 aliphatic carbocycles. The molecule has 1 aliphatic heterocycles. The van der Waals surface area contributed by atoms with Gasteiger partial charge in [-0.1, -0.05) is 30.3 Å². The van der Waals surface area contributed by atoms with E-state index in [-0.39, 0.29) is 5.91 Å². The first kappa shape index (κ1) is 17.6. The van der Waals surface area contributed by atoms with Crippen molar-refractivity contribution in [2.75, 3.05) is 19.6 Å². The molecular weight excluding hydrogens is 386 g/mol. The SMILES string of the molecule is O=C(NCCC1CCN(Cc2ccccc2)CC1)c1cnc(Br)s1. The number of amides is 1. The van der Waals surface area contributed by atoms with Crippen molar-refractivity contribution >= 4 is 33.2 Å². The van der Waals surface area contributed by atoms with Crippen LogP contribution in [0, 0.1) is 5.92 Å². The Morgan fingerprint density at radius 2 is 2.04 bits per heavy atom. The third-order valence-corrected chi connectivity index (χ3v) is 5.97. The first-order valence-electron chi connectivity index (χ1n) is 8.36. The van der Waals surface area contributed by atoms with Crippen LogP contribution in [0.4, 0.5) is 0 Å². The fourth-order valence-corrected chi connectivity index (χ4v) is 4.29. The molecule has 0 bridgehead atoms. The van der Waals surface area contributed by atoms with E-state index < -0.39 is 0 Å². The maximum atomic E-state index is 12.0. The molecule has 6 heteroatoms. The number of rotatable bonds is 6. The minimum atomic E-state index is -0.0142. The Morgan fingerprint density at radius 3 is 2.71 bits per heavy atom. The highest BCUT2D eigenvalue weighted by Crippen LogP contribution is 2.22. The van der Waals surface area contributed by atoms with Crippen LogP contribution in [0.2, 0.25) is 0 Å². The summed E-state index contributed by atoms with van der Waals surface area (Å²) in [4.78, 5) is 19.2. The van der Waals surface area contributed by atoms with Crippen LogP contribution in [-0.2, 0) is 6.54 Å². The van der Waals surface area contributed by atoms with Crippen molar-refractivity contribution in [3.05, 3.63) is 50.9 Å². The lowest BCUT2D eigenvalue weighted by atomic mass is 9.93. The topological polar surface area (TPSA) is 45.2 Å². The number of piperidine rings is 1. The molecule has 24 heavy (non-hydrogen) atoms. The van der Waals surface area contributed by atoms with Crippen molar-refractivity contribution in [1.29, 1.82) is 0 Å². The van der Waals surface area contributed by atoms with Crippen LogP contribution in [0.25, 0.3) is 0 Å². The van der Waals surface area contributed by atoms with E-state index in [4.69, 9.17) is 0 Å². The fraction of sp³-hybridized carbons (Fsp3) is 0.444. The maximum Gasteiger partial charge on any atom is 0.263 e. The van der Waals surface area contributed by atoms with E-state index in [1.165, 1.54) is 29.7 Å². The number of nitrogens with zero attached hydrogens (tertiary/aromatic N) is 2. The molecule has 1 N–H and O–H groups in total. The van der Waals surface area contributed by atoms with Gasteiger partial charge < -0.3 is 5.32 Å². The number of halogens is 1. The van der Waals surface area contributed by atoms with Gasteiger partial charge in [-0.2, -0.15) is 0 Å². The molecule has 2 aromatic rings. The Kier molecular flexibility index (Phi) is 6.40. The van der Waals surface area contributed by atoms with Crippen LogP contribution in [-0.4, -0.2) is 35.4 Å². The number of thiazole rings is 1. The number of hydrogen-bond acceptors (Lipinski definition) is 4. The number of nitrogens with one attached hydrogen (secondary N) is 1. The molecule has 0 saturated carbocycles. The molecule has 1 amide bonds. The molecule has 3 rings (SSSR count). The van der Waals surface area contributed by atoms with Crippen LogP contribution in [0.3, 0.4) is 0 Å². The van der Waals surface area contributed by atoms with Crippen LogP contribution in [0.5, 0.6) is 0 Å². The highest BCUT2D eigenvalue weighted by molar-refractivity contribution is 9.11. The average molecular weight is 408 g/mol. The normalized spacial score (nSPS) is 16.2. The van der Waals surface area contributed by atoms with Crippen LogP contribution in [0.1, 0.15) is 34.5 Å². The second kappa shape index (κ2) is 8.74. The number of carbonyl (C=O) groups excluding carboxylic acids is 1. The van der Waals surface area contributed by atoms with Gasteiger partial charge in [0.15, 0.2) is 3.92 Å². The maximum absolute atomic E-state index is 12.0. The standard InChI is InChI=1S/C18H22BrN3OS/c19-18-21-12-16(24-18)17(23)20-9-6-14-7-10-22(11-8-14)13-15-4-2-1-3-5-15/h1-5,12,14H,6-11,13H2,(H,20,23). The van der Waals surface area contributed by atoms with Crippen LogP contribution < -0.4 is 5.32 Å². The summed E-state index contributed by atoms with van der Waals surface area (Å²) in [6.45, 7) is 4.09. The number of carbonyl (C=O) groups is 1. The molecule has 1 aromatic heterocycles. The zero-order valence-corrected chi connectivity index (χ0v) is 16.0. The second-order valence-electron chi connectivity index (χ2n) is 6.23. The van der Waals surface area contributed by atoms with Crippen LogP contribution >= 0.6 is 27.3 Å². The zero-order chi connectivity index (χ0) is 16.8. The molecule has 0 atom stereocenters. The van der Waals surface area contributed by atoms with E-state index in [0.717, 1.165) is 36.5 Å². The third-order valence-electron chi connectivity index (χ3n) is 4.50. The Bertz CT molecular complexity index is 653. The van der Waals surface area contributed by atoms with Crippen molar-refractivity contribution in [2.24, 2.45) is 5.92 Å². The molecular formula is C18H22BrN3OS. The van der Waals surface area contributed by atoms with Gasteiger partial charge in [0.05, 0.1) is 6.20 Å². The highest BCUT2D eigenvalue weighted by Gasteiger charge is 2.19. The van der Waals surface area contributed by atoms with E-state index >= 15 is 0 Å². The molecule has 1 fully saturated rings. The van der Waals surface area contributed by atoms with Gasteiger partial charge in [-0.3, -0.25) is 9.69 Å². The number of benzene rings is 1. The van der Waals surface area contributed by atoms with Crippen molar-refractivity contribution in [1.82, 2.24) is 15.2 Å². The molecule has 1 aromatic carbocycles. The summed E-state index contributed by atoms with van der Waals surface area (Å²) in [7, 11) is 0. The molecule has 4 nitrogen and oxygen atoms in total. The van der Waals surface area contributed by atoms with Gasteiger partial charge in [-0.15, -0.1) is 11.3 Å². The molecule has 128 valence electrons. The third kappa shape index (κ3) is 5.13. The molecule has 0 spiro atoms. The monoisotopic (exact) mass is 407 g/mol. The van der Waals surface area contributed by atoms with Gasteiger partial charge in [0.25, 0.3) is 5.91 Å². The Labute approximate surface area is 155 Å². The summed E-state index contributed by atoms with van der Waals surface area (Å²) in [5.41, 5.74) is 1.39. The van der Waals surface area contributed by atoms with E-state index in [2.05, 4.69) is 61.5 Å². The number of hydrogen-bond donors (Lipinski definition) is 1. The largest absolute Gasteiger partial charge is 0.351 e. The Morgan fingerprint density at radius 1 is 1.29 bits per heavy atom. The fourth-order valence-electron chi connectivity index (χ4n) is 3.11. The summed E-state index contributed by atoms with van der Waals surface area (Å²) in [5.74, 6) is 0.699. The van der Waals surface area contributed by atoms with Gasteiger partial charge in [0.2, 0.25) is 0 Å². The lowest BCUT2D eigenvalue weighted by molar-refractivity contribution is 0.0951. The summed E-state index contributed by atoms with van der Waals surface area (Å²) in [5, 5.41) is 3.01. The van der Waals surface area contributed by atoms with Crippen molar-refractivity contribution in [3.8, 4) is 0 Å². The first-order chi connectivity index (χ1) is 11.7. The average Bonchev–Trinajstić information content (AvgIpc) is 3.04. The first-order valence-corrected chi connectivity index (χ1v) is 9.97. The number of aromatic nitrogens is 1. The lowest BCUT2D eigenvalue weighted by Gasteiger charge is -2.32. The summed E-state index contributed by atoms with van der Waals surface area (Å²) < 4.78 is 0.749. The summed E-state index contributed by atoms with van der Waals surface area (Å²) in [6, 6.07) is 10.7. The molecule has 0 radical (unpaired) electrons. The summed E-state index contributed by atoms with van der Waals surface area (Å²) in [6.07, 6.45) is 5.11. The van der Waals surface area contributed by atoms with Gasteiger partial charge in [0.1, 0.15) is 4.88 Å². The van der Waals surface area contributed by atoms with Crippen LogP contribution in [0.15, 0.2) is 40.4 Å². The van der Waals surface area contributed by atoms with Crippen molar-refractivity contribution in [2.45, 2.75) is 25.8 Å². The molecule has 2 heterocycles. The lowest BCUT2D eigenvalue weighted by Crippen LogP contribution is -2.34. The van der Waals surface area contributed by atoms with Gasteiger partial charge >= 0.3 is 0 Å². The molecule has 1 saturated heterocycles. The van der Waals surface area contributed by atoms with Crippen molar-refractivity contribution < 1.29 is 4.79 Å². The van der Waals surface area contributed by atoms with E-state index in [9.17, 15) is 4.79 Å². The quantitative estimate of drug-likeness (QED) is 0.788. The van der Waals surface area contributed by atoms with Crippen molar-refractivity contribution in [3.63, 3.8) is 0 Å². The van der Waals surface area contributed by atoms with E-state index in [1.807, 2.05) is 0 Å². The molecule has 1 aliphatic rings. The Balaban J connectivity index is 1.34. The van der Waals surface area contributed by atoms with Gasteiger partial charge in [-0.25, -0.2) is 4.98 Å². The summed E-state index contributed by atoms with van der Waals surface area (Å²) >= 11 is 4.65. The van der Waals surface area contributed by atoms with E-state index in [1.54, 1.807) is 6.20 Å². The molecule has 0 unspecified atom stereocenters. The Hall–Kier alpha value is -1.24. The predicted molar refractivity (Wildman–Crippen MR) is 101 cm³/mol. The minimum absolute atomic E-state index is 0.0142. The zero-order valence-electron chi connectivity index (χ0n) is 13.6. The number of likely N-dealkylation sites (tertiary alicyclic amines) is 1. The minimum Gasteiger partial charge on any atom is -0.351 e. The smallest absolute Gasteiger partial charge is 0.263 e. The predicted octanol–water partition coefficient (Wildman–Crippen LogP) is 3.94. The van der Waals surface area contributed by atoms with Gasteiger partial charge in [-0.05, 0) is 59.8 Å². The second-order valence-corrected chi connectivity index (χ2v) is 8.53. The highest BCUT2D eigenvalue weighted by atomic mass is 79.9. The van der Waals surface area contributed by atoms with E-state index in [0.29, 0.717) is 10.8 Å².